The van der Waals surface area contributed by atoms with Gasteiger partial charge in [-0.3, -0.25) is 0 Å². The van der Waals surface area contributed by atoms with Crippen molar-refractivity contribution in [3.05, 3.63) is 0 Å². The molecule has 0 aromatic rings. The molecule has 0 atom stereocenters. The molecule has 0 unspecified atom stereocenters. The third-order valence-electron chi connectivity index (χ3n) is 27.0. The number of unbranched alkanes of at least 4 members (excludes halogenated alkanes) is 84. The first-order chi connectivity index (χ1) is 52.6. The van der Waals surface area contributed by atoms with Crippen LogP contribution in [-0.2, 0) is 0 Å². The smallest absolute Gasteiger partial charge is 0.0533 e. The van der Waals surface area contributed by atoms with E-state index < -0.39 is 16.1 Å². The zero-order chi connectivity index (χ0) is 76.3. The van der Waals surface area contributed by atoms with E-state index in [-0.39, 0.29) is 0 Å². The van der Waals surface area contributed by atoms with Crippen LogP contribution in [-0.4, -0.2) is 16.1 Å². The van der Waals surface area contributed by atoms with E-state index in [0.29, 0.717) is 0 Å². The molecule has 0 aliphatic carbocycles. The maximum absolute atomic E-state index is 2.36. The Hall–Kier alpha value is 0.434. The summed E-state index contributed by atoms with van der Waals surface area (Å²) in [5.74, 6) is 0. The SMILES string of the molecule is CCCCCCCCCCCCCCCCCC[Si](CCCCCCCCCCCCCCCCCC)(CCCCCCCCCCCCCCCCCC)CC[Si](CCCCCCCCCCCCCCCC)(CCCCCCCCCCCCCCCC)CCCCCCCCCCCCCCCC. The van der Waals surface area contributed by atoms with E-state index in [1.54, 1.807) is 125 Å². The quantitative estimate of drug-likeness (QED) is 0.0421. The second-order valence-corrected chi connectivity index (χ2v) is 47.7. The molecule has 0 N–H and O–H groups in total. The van der Waals surface area contributed by atoms with E-state index in [0.717, 1.165) is 0 Å². The van der Waals surface area contributed by atoms with Crippen molar-refractivity contribution < 1.29 is 0 Å². The van der Waals surface area contributed by atoms with Gasteiger partial charge in [0, 0.05) is 0 Å². The molecule has 0 saturated carbocycles. The summed E-state index contributed by atoms with van der Waals surface area (Å²) in [6.45, 7) is 14.2. The number of hydrogen-bond acceptors (Lipinski definition) is 0. The van der Waals surface area contributed by atoms with E-state index in [1.807, 2.05) is 0 Å². The minimum atomic E-state index is -1.46. The number of hydrogen-bond donors (Lipinski definition) is 0. The van der Waals surface area contributed by atoms with Crippen LogP contribution < -0.4 is 0 Å². The maximum Gasteiger partial charge on any atom is 0.0533 e. The van der Waals surface area contributed by atoms with Crippen LogP contribution in [0.25, 0.3) is 0 Å². The van der Waals surface area contributed by atoms with Crippen molar-refractivity contribution in [2.24, 2.45) is 0 Å². The molecule has 0 heterocycles. The second-order valence-electron chi connectivity index (χ2n) is 37.7. The molecule has 0 aromatic heterocycles. The highest BCUT2D eigenvalue weighted by Gasteiger charge is 2.38. The molecule has 106 heavy (non-hydrogen) atoms. The maximum atomic E-state index is 2.36. The summed E-state index contributed by atoms with van der Waals surface area (Å²) in [7, 11) is -2.91. The molecular formula is C104H214Si2. The molecule has 0 bridgehead atoms. The lowest BCUT2D eigenvalue weighted by Gasteiger charge is -2.39. The minimum absolute atomic E-state index is 1.38. The van der Waals surface area contributed by atoms with Gasteiger partial charge in [-0.1, -0.05) is 668 Å². The summed E-state index contributed by atoms with van der Waals surface area (Å²) in [5, 5.41) is 0. The Kier molecular flexibility index (Phi) is 94.7. The molecule has 0 aliphatic heterocycles. The van der Waals surface area contributed by atoms with E-state index in [1.165, 1.54) is 501 Å². The van der Waals surface area contributed by atoms with Gasteiger partial charge in [-0.2, -0.15) is 0 Å². The van der Waals surface area contributed by atoms with Crippen LogP contribution in [0.3, 0.4) is 0 Å². The highest BCUT2D eigenvalue weighted by Crippen LogP contribution is 2.42. The summed E-state index contributed by atoms with van der Waals surface area (Å²) in [6, 6.07) is 13.9. The average Bonchev–Trinajstić information content (AvgIpc) is 0.835. The van der Waals surface area contributed by atoms with Gasteiger partial charge in [0.2, 0.25) is 0 Å². The molecule has 0 fully saturated rings. The molecule has 0 amide bonds. The van der Waals surface area contributed by atoms with E-state index >= 15 is 0 Å². The lowest BCUT2D eigenvalue weighted by atomic mass is 10.0. The first kappa shape index (κ1) is 106. The van der Waals surface area contributed by atoms with Gasteiger partial charge in [0.1, 0.15) is 0 Å². The Balaban J connectivity index is 6.69. The topological polar surface area (TPSA) is 0 Å². The van der Waals surface area contributed by atoms with Crippen molar-refractivity contribution in [3.8, 4) is 0 Å². The van der Waals surface area contributed by atoms with E-state index in [2.05, 4.69) is 41.5 Å². The summed E-state index contributed by atoms with van der Waals surface area (Å²) < 4.78 is 0. The monoisotopic (exact) mass is 1520 g/mol. The molecule has 0 aliphatic rings. The minimum Gasteiger partial charge on any atom is -0.0654 e. The van der Waals surface area contributed by atoms with Crippen LogP contribution in [0, 0.1) is 0 Å². The van der Waals surface area contributed by atoms with Crippen molar-refractivity contribution in [2.75, 3.05) is 0 Å². The average molecular weight is 1520 g/mol. The molecule has 0 saturated heterocycles. The first-order valence-corrected chi connectivity index (χ1v) is 58.2. The summed E-state index contributed by atoms with van der Waals surface area (Å²) in [4.78, 5) is 0. The van der Waals surface area contributed by atoms with Gasteiger partial charge in [0.05, 0.1) is 16.1 Å². The lowest BCUT2D eigenvalue weighted by Crippen LogP contribution is -2.40. The van der Waals surface area contributed by atoms with Crippen molar-refractivity contribution in [2.45, 2.75) is 668 Å². The lowest BCUT2D eigenvalue weighted by molar-refractivity contribution is 0.529. The fraction of sp³-hybridized carbons (Fsp3) is 1.00. The van der Waals surface area contributed by atoms with E-state index in [4.69, 9.17) is 0 Å². The molecule has 0 spiro atoms. The Bertz CT molecular complexity index is 1340. The predicted molar refractivity (Wildman–Crippen MR) is 500 cm³/mol. The van der Waals surface area contributed by atoms with Crippen LogP contribution in [0.2, 0.25) is 48.4 Å². The van der Waals surface area contributed by atoms with Crippen molar-refractivity contribution >= 4 is 16.1 Å². The largest absolute Gasteiger partial charge is 0.0654 e. The number of rotatable bonds is 99. The summed E-state index contributed by atoms with van der Waals surface area (Å²) in [5.41, 5.74) is 0. The van der Waals surface area contributed by atoms with Gasteiger partial charge in [-0.25, -0.2) is 0 Å². The Morgan fingerprint density at radius 2 is 0.142 bits per heavy atom. The normalized spacial score (nSPS) is 12.2. The van der Waals surface area contributed by atoms with Crippen LogP contribution in [0.15, 0.2) is 0 Å². The van der Waals surface area contributed by atoms with Crippen molar-refractivity contribution in [1.82, 2.24) is 0 Å². The molecule has 0 nitrogen and oxygen atoms in total. The second kappa shape index (κ2) is 94.3. The van der Waals surface area contributed by atoms with Crippen LogP contribution >= 0.6 is 0 Å². The van der Waals surface area contributed by atoms with Gasteiger partial charge >= 0.3 is 0 Å². The standard InChI is InChI=1S/C104H214Si2/c1-7-13-19-25-31-37-43-49-55-58-64-70-76-82-88-94-100-106(101-95-89-83-77-71-65-59-56-50-44-38-32-26-20-14-8-2,102-96-90-84-78-72-66-60-57-51-45-39-33-27-21-15-9-3)104-103-105(97-91-85-79-73-67-61-52-46-40-34-28-22-16-10-4,98-92-86-80-74-68-62-53-47-41-35-29-23-17-11-5)99-93-87-81-75-69-63-54-48-42-36-30-24-18-12-6/h7-104H2,1-6H3. The van der Waals surface area contributed by atoms with E-state index in [9.17, 15) is 0 Å². The zero-order valence-corrected chi connectivity index (χ0v) is 78.3. The highest BCUT2D eigenvalue weighted by molar-refractivity contribution is 6.85. The van der Waals surface area contributed by atoms with Crippen molar-refractivity contribution in [3.63, 3.8) is 0 Å². The fourth-order valence-electron chi connectivity index (χ4n) is 19.3. The zero-order valence-electron chi connectivity index (χ0n) is 76.3. The van der Waals surface area contributed by atoms with Gasteiger partial charge in [-0.05, 0) is 0 Å². The molecule has 0 aromatic carbocycles. The highest BCUT2D eigenvalue weighted by atomic mass is 28.3. The first-order valence-electron chi connectivity index (χ1n) is 52.6. The molecule has 638 valence electrons. The van der Waals surface area contributed by atoms with Gasteiger partial charge in [-0.15, -0.1) is 0 Å². The van der Waals surface area contributed by atoms with Crippen molar-refractivity contribution in [1.29, 1.82) is 0 Å². The molecule has 0 radical (unpaired) electrons. The Labute approximate surface area is 679 Å². The summed E-state index contributed by atoms with van der Waals surface area (Å²) >= 11 is 0. The fourth-order valence-corrected chi connectivity index (χ4v) is 32.5. The third-order valence-corrected chi connectivity index (χ3v) is 38.7. The predicted octanol–water partition coefficient (Wildman–Crippen LogP) is 41.1. The Morgan fingerprint density at radius 1 is 0.0755 bits per heavy atom. The van der Waals surface area contributed by atoms with Gasteiger partial charge in [0.25, 0.3) is 0 Å². The molecular weight excluding hydrogens is 1310 g/mol. The van der Waals surface area contributed by atoms with Crippen LogP contribution in [0.1, 0.15) is 619 Å². The summed E-state index contributed by atoms with van der Waals surface area (Å²) in [6.07, 6.45) is 135. The van der Waals surface area contributed by atoms with Crippen LogP contribution in [0.5, 0.6) is 0 Å². The van der Waals surface area contributed by atoms with Crippen LogP contribution in [0.4, 0.5) is 0 Å². The molecule has 0 rings (SSSR count). The van der Waals surface area contributed by atoms with Gasteiger partial charge in [0.15, 0.2) is 0 Å². The Morgan fingerprint density at radius 3 is 0.217 bits per heavy atom. The van der Waals surface area contributed by atoms with Gasteiger partial charge < -0.3 is 0 Å². The third kappa shape index (κ3) is 83.8. The molecule has 2 heteroatoms.